The summed E-state index contributed by atoms with van der Waals surface area (Å²) in [5.41, 5.74) is 3.65. The molecule has 0 aromatic carbocycles. The van der Waals surface area contributed by atoms with Crippen molar-refractivity contribution in [2.75, 3.05) is 53.5 Å². The zero-order valence-corrected chi connectivity index (χ0v) is 28.2. The van der Waals surface area contributed by atoms with Gasteiger partial charge in [0.25, 0.3) is 0 Å². The summed E-state index contributed by atoms with van der Waals surface area (Å²) in [6.07, 6.45) is 3.42. The predicted molar refractivity (Wildman–Crippen MR) is 163 cm³/mol. The van der Waals surface area contributed by atoms with Gasteiger partial charge >= 0.3 is 15.2 Å². The van der Waals surface area contributed by atoms with E-state index in [1.165, 1.54) is 18.3 Å². The minimum atomic E-state index is -4.18. The van der Waals surface area contributed by atoms with Gasteiger partial charge in [-0.3, -0.25) is 18.4 Å². The number of aliphatic hydroxyl groups excluding tert-OH is 3. The van der Waals surface area contributed by atoms with E-state index in [-0.39, 0.29) is 26.4 Å². The van der Waals surface area contributed by atoms with Crippen LogP contribution in [0.1, 0.15) is 53.4 Å². The lowest BCUT2D eigenvalue weighted by molar-refractivity contribution is -0.253. The third kappa shape index (κ3) is 16.6. The minimum absolute atomic E-state index is 0.0483. The average molecular weight is 656 g/mol. The van der Waals surface area contributed by atoms with Gasteiger partial charge in [-0.1, -0.05) is 34.9 Å². The van der Waals surface area contributed by atoms with E-state index in [9.17, 15) is 29.2 Å². The van der Waals surface area contributed by atoms with Crippen LogP contribution in [0.2, 0.25) is 0 Å². The number of carbonyl (C=O) groups is 1. The zero-order chi connectivity index (χ0) is 32.6. The van der Waals surface area contributed by atoms with Crippen LogP contribution in [0.3, 0.4) is 0 Å². The molecule has 0 aromatic heterocycles. The number of ether oxygens (including phenoxy) is 3. The lowest BCUT2D eigenvalue weighted by atomic mass is 9.96. The molecule has 0 spiro atoms. The normalized spacial score (nSPS) is 26.0. The molecule has 2 unspecified atom stereocenters. The number of rotatable bonds is 20. The van der Waals surface area contributed by atoms with E-state index in [2.05, 4.69) is 38.2 Å². The number of methoxy groups -OCH3 is 1. The van der Waals surface area contributed by atoms with E-state index in [1.807, 2.05) is 6.92 Å². The second-order valence-corrected chi connectivity index (χ2v) is 15.0. The molecule has 1 saturated heterocycles. The van der Waals surface area contributed by atoms with Crippen molar-refractivity contribution >= 4 is 21.1 Å². The lowest BCUT2D eigenvalue weighted by Crippen LogP contribution is -2.65. The summed E-state index contributed by atoms with van der Waals surface area (Å²) in [7, 11) is -6.58. The van der Waals surface area contributed by atoms with E-state index in [1.54, 1.807) is 6.08 Å². The van der Waals surface area contributed by atoms with Gasteiger partial charge in [0, 0.05) is 20.4 Å². The Morgan fingerprint density at radius 1 is 0.930 bits per heavy atom. The van der Waals surface area contributed by atoms with Crippen molar-refractivity contribution in [1.82, 2.24) is 5.32 Å². The summed E-state index contributed by atoms with van der Waals surface area (Å²) in [5, 5.41) is 33.3. The van der Waals surface area contributed by atoms with Gasteiger partial charge in [0.15, 0.2) is 6.29 Å². The third-order valence-electron chi connectivity index (χ3n) is 6.33. The number of hydrogen-bond donors (Lipinski definition) is 4. The minimum Gasteiger partial charge on any atom is -0.394 e. The number of hydrogen-bond acceptors (Lipinski definition) is 12. The number of allylic oxidation sites excluding steroid dienone is 5. The Hall–Kier alpha value is -1.21. The first-order valence-electron chi connectivity index (χ1n) is 14.2. The van der Waals surface area contributed by atoms with Crippen LogP contribution in [-0.4, -0.2) is 105 Å². The van der Waals surface area contributed by atoms with Gasteiger partial charge in [0.2, 0.25) is 5.91 Å². The molecule has 0 aliphatic carbocycles. The van der Waals surface area contributed by atoms with Crippen LogP contribution >= 0.6 is 15.2 Å². The fraction of sp³-hybridized carbons (Fsp3) is 0.750. The topological polar surface area (TPSA) is 179 Å². The van der Waals surface area contributed by atoms with Gasteiger partial charge in [-0.05, 0) is 53.4 Å². The molecule has 1 aliphatic rings. The van der Waals surface area contributed by atoms with Gasteiger partial charge in [0.05, 0.1) is 32.5 Å². The van der Waals surface area contributed by atoms with Crippen LogP contribution < -0.4 is 5.32 Å². The van der Waals surface area contributed by atoms with Crippen LogP contribution in [0.25, 0.3) is 0 Å². The Morgan fingerprint density at radius 3 is 2.16 bits per heavy atom. The monoisotopic (exact) mass is 655 g/mol. The Balaban J connectivity index is 2.63. The number of nitrogens with one attached hydrogen (secondary N) is 1. The first-order valence-corrected chi connectivity index (χ1v) is 18.2. The molecule has 1 amide bonds. The van der Waals surface area contributed by atoms with Crippen molar-refractivity contribution in [1.29, 1.82) is 0 Å². The molecule has 0 radical (unpaired) electrons. The molecule has 0 bridgehead atoms. The second kappa shape index (κ2) is 20.0. The smallest absolute Gasteiger partial charge is 0.337 e. The molecule has 1 aliphatic heterocycles. The van der Waals surface area contributed by atoms with E-state index >= 15 is 0 Å². The molecule has 0 aromatic rings. The highest BCUT2D eigenvalue weighted by atomic mass is 31.3. The fourth-order valence-corrected chi connectivity index (χ4v) is 7.44. The van der Waals surface area contributed by atoms with E-state index in [0.29, 0.717) is 0 Å². The Bertz CT molecular complexity index is 1040. The van der Waals surface area contributed by atoms with Crippen LogP contribution in [0.5, 0.6) is 0 Å². The summed E-state index contributed by atoms with van der Waals surface area (Å²) in [5.74, 6) is -0.631. The molecule has 7 atom stereocenters. The molecule has 1 rings (SSSR count). The van der Waals surface area contributed by atoms with E-state index in [4.69, 9.17) is 27.6 Å². The molecular formula is C28H51NO12P2. The molecule has 13 nitrogen and oxygen atoms in total. The van der Waals surface area contributed by atoms with Gasteiger partial charge in [-0.2, -0.15) is 0 Å². The summed E-state index contributed by atoms with van der Waals surface area (Å²) in [6.45, 7) is 9.71. The third-order valence-corrected chi connectivity index (χ3v) is 9.92. The number of amides is 1. The second-order valence-electron chi connectivity index (χ2n) is 10.8. The summed E-state index contributed by atoms with van der Waals surface area (Å²) >= 11 is 0. The van der Waals surface area contributed by atoms with Gasteiger partial charge in [-0.15, -0.1) is 0 Å². The van der Waals surface area contributed by atoms with Crippen molar-refractivity contribution in [2.24, 2.45) is 0 Å². The highest BCUT2D eigenvalue weighted by Gasteiger charge is 2.48. The fourth-order valence-electron chi connectivity index (χ4n) is 4.04. The lowest BCUT2D eigenvalue weighted by Gasteiger charge is -2.42. The van der Waals surface area contributed by atoms with Crippen molar-refractivity contribution < 1.29 is 56.8 Å². The van der Waals surface area contributed by atoms with Gasteiger partial charge in [-0.25, -0.2) is 4.31 Å². The highest BCUT2D eigenvalue weighted by Crippen LogP contribution is 2.62. The first-order chi connectivity index (χ1) is 20.1. The molecule has 1 heterocycles. The molecule has 1 fully saturated rings. The van der Waals surface area contributed by atoms with E-state index in [0.717, 1.165) is 44.6 Å². The number of aliphatic hydroxyl groups is 3. The van der Waals surface area contributed by atoms with Crippen molar-refractivity contribution in [3.63, 3.8) is 0 Å². The van der Waals surface area contributed by atoms with Crippen LogP contribution in [0.15, 0.2) is 34.9 Å². The molecule has 15 heteroatoms. The average Bonchev–Trinajstić information content (AvgIpc) is 2.89. The van der Waals surface area contributed by atoms with Crippen molar-refractivity contribution in [3.8, 4) is 0 Å². The first kappa shape index (κ1) is 39.8. The van der Waals surface area contributed by atoms with Crippen LogP contribution in [0, 0.1) is 0 Å². The highest BCUT2D eigenvalue weighted by molar-refractivity contribution is 7.66. The van der Waals surface area contributed by atoms with Gasteiger partial charge < -0.3 is 39.4 Å². The van der Waals surface area contributed by atoms with Crippen LogP contribution in [0.4, 0.5) is 0 Å². The van der Waals surface area contributed by atoms with Crippen molar-refractivity contribution in [3.05, 3.63) is 34.9 Å². The zero-order valence-electron chi connectivity index (χ0n) is 26.4. The standard InChI is InChI=1S/C28H51NO12P2/c1-20(2)10-8-11-21(3)12-9-13-22(4)14-15-38-42(6,34)41-43(7,35)40-28-27(33)26(32)25(23(18-30)39-28)29-24(31)19-37-17-16-36-5/h10,12,14,23,25-28,30,32-33H,8-9,11,13,15-19H2,1-7H3,(H,29,31)/b21-12+,22-14-/t23?,25-,26-,27?,28-,42+,43-/m0/s1. The summed E-state index contributed by atoms with van der Waals surface area (Å²) in [6, 6.07) is -1.23. The Labute approximate surface area is 255 Å². The largest absolute Gasteiger partial charge is 0.394 e. The Morgan fingerprint density at radius 2 is 1.56 bits per heavy atom. The SMILES string of the molecule is COCCOCC(=O)N[C@H]1C(CO)O[C@@H](O[P@](C)(=O)O[P@](C)(=O)OC/C=C(/C)CC/C=C(\C)CCC=C(C)C)C(O)[C@H]1O. The summed E-state index contributed by atoms with van der Waals surface area (Å²) < 4.78 is 57.1. The molecule has 0 saturated carbocycles. The summed E-state index contributed by atoms with van der Waals surface area (Å²) in [4.78, 5) is 12.2. The molecule has 250 valence electrons. The number of carbonyl (C=O) groups excluding carboxylic acids is 1. The maximum atomic E-state index is 13.0. The maximum Gasteiger partial charge on any atom is 0.337 e. The van der Waals surface area contributed by atoms with Gasteiger partial charge in [0.1, 0.15) is 24.9 Å². The predicted octanol–water partition coefficient (Wildman–Crippen LogP) is 3.69. The Kier molecular flexibility index (Phi) is 18.5. The van der Waals surface area contributed by atoms with E-state index < -0.39 is 58.3 Å². The van der Waals surface area contributed by atoms with Crippen molar-refractivity contribution in [2.45, 2.75) is 84.0 Å². The maximum absolute atomic E-state index is 13.0. The van der Waals surface area contributed by atoms with Crippen LogP contribution in [-0.2, 0) is 41.5 Å². The molecule has 43 heavy (non-hydrogen) atoms. The quantitative estimate of drug-likeness (QED) is 0.0851. The molecular weight excluding hydrogens is 604 g/mol. The molecule has 4 N–H and O–H groups in total.